The van der Waals surface area contributed by atoms with E-state index in [1.807, 2.05) is 12.1 Å². The highest BCUT2D eigenvalue weighted by Crippen LogP contribution is 2.22. The molecule has 1 aromatic carbocycles. The van der Waals surface area contributed by atoms with Crippen LogP contribution in [0.2, 0.25) is 0 Å². The number of methoxy groups -OCH3 is 1. The Kier molecular flexibility index (Phi) is 5.26. The van der Waals surface area contributed by atoms with Crippen LogP contribution in [0.5, 0.6) is 5.75 Å². The summed E-state index contributed by atoms with van der Waals surface area (Å²) in [5, 5.41) is 0. The van der Waals surface area contributed by atoms with E-state index in [0.29, 0.717) is 0 Å². The molecular formula is C16H27N3O. The number of ether oxygens (including phenoxy) is 1. The second-order valence-corrected chi connectivity index (χ2v) is 6.05. The Morgan fingerprint density at radius 2 is 1.80 bits per heavy atom. The van der Waals surface area contributed by atoms with E-state index in [1.165, 1.54) is 25.2 Å². The zero-order valence-electron chi connectivity index (χ0n) is 12.9. The van der Waals surface area contributed by atoms with Crippen LogP contribution in [-0.4, -0.2) is 49.6 Å². The molecule has 1 saturated heterocycles. The zero-order valence-corrected chi connectivity index (χ0v) is 12.9. The highest BCUT2D eigenvalue weighted by Gasteiger charge is 2.17. The molecule has 0 aliphatic carbocycles. The summed E-state index contributed by atoms with van der Waals surface area (Å²) in [7, 11) is 1.65. The van der Waals surface area contributed by atoms with Gasteiger partial charge in [-0.25, -0.2) is 0 Å². The minimum atomic E-state index is 0.725. The summed E-state index contributed by atoms with van der Waals surface area (Å²) in [6.45, 7) is 11.4. The molecule has 0 atom stereocenters. The van der Waals surface area contributed by atoms with Gasteiger partial charge in [0, 0.05) is 39.3 Å². The van der Waals surface area contributed by atoms with Crippen LogP contribution in [0.1, 0.15) is 19.4 Å². The lowest BCUT2D eigenvalue weighted by Crippen LogP contribution is -2.46. The van der Waals surface area contributed by atoms with E-state index < -0.39 is 0 Å². The SMILES string of the molecule is COc1ccc(CN2CCN(CC(C)C)CC2)cc1N. The molecular weight excluding hydrogens is 250 g/mol. The van der Waals surface area contributed by atoms with E-state index in [1.54, 1.807) is 7.11 Å². The molecule has 112 valence electrons. The third-order valence-corrected chi connectivity index (χ3v) is 3.79. The molecule has 2 N–H and O–H groups in total. The molecule has 0 spiro atoms. The summed E-state index contributed by atoms with van der Waals surface area (Å²) in [5.41, 5.74) is 7.95. The number of rotatable bonds is 5. The fourth-order valence-electron chi connectivity index (χ4n) is 2.79. The van der Waals surface area contributed by atoms with Gasteiger partial charge in [0.15, 0.2) is 0 Å². The van der Waals surface area contributed by atoms with Crippen LogP contribution in [-0.2, 0) is 6.54 Å². The maximum absolute atomic E-state index is 5.96. The third-order valence-electron chi connectivity index (χ3n) is 3.79. The molecule has 0 radical (unpaired) electrons. The summed E-state index contributed by atoms with van der Waals surface area (Å²) in [6, 6.07) is 6.09. The fraction of sp³-hybridized carbons (Fsp3) is 0.625. The maximum Gasteiger partial charge on any atom is 0.141 e. The van der Waals surface area contributed by atoms with Gasteiger partial charge in [-0.15, -0.1) is 0 Å². The number of benzene rings is 1. The number of anilines is 1. The highest BCUT2D eigenvalue weighted by atomic mass is 16.5. The Labute approximate surface area is 122 Å². The monoisotopic (exact) mass is 277 g/mol. The van der Waals surface area contributed by atoms with Crippen LogP contribution in [0, 0.1) is 5.92 Å². The number of nitrogens with two attached hydrogens (primary N) is 1. The lowest BCUT2D eigenvalue weighted by atomic mass is 10.1. The van der Waals surface area contributed by atoms with E-state index in [4.69, 9.17) is 10.5 Å². The van der Waals surface area contributed by atoms with Gasteiger partial charge in [0.2, 0.25) is 0 Å². The van der Waals surface area contributed by atoms with Crippen LogP contribution in [0.3, 0.4) is 0 Å². The number of hydrogen-bond donors (Lipinski definition) is 1. The Morgan fingerprint density at radius 3 is 2.35 bits per heavy atom. The second kappa shape index (κ2) is 6.95. The third kappa shape index (κ3) is 4.12. The molecule has 20 heavy (non-hydrogen) atoms. The lowest BCUT2D eigenvalue weighted by Gasteiger charge is -2.35. The first-order chi connectivity index (χ1) is 9.58. The van der Waals surface area contributed by atoms with E-state index in [0.717, 1.165) is 37.0 Å². The van der Waals surface area contributed by atoms with Crippen LogP contribution >= 0.6 is 0 Å². The van der Waals surface area contributed by atoms with Crippen molar-refractivity contribution in [3.8, 4) is 5.75 Å². The average Bonchev–Trinajstić information content (AvgIpc) is 2.41. The highest BCUT2D eigenvalue weighted by molar-refractivity contribution is 5.54. The van der Waals surface area contributed by atoms with Crippen molar-refractivity contribution >= 4 is 5.69 Å². The smallest absolute Gasteiger partial charge is 0.141 e. The van der Waals surface area contributed by atoms with E-state index in [2.05, 4.69) is 29.7 Å². The molecule has 0 bridgehead atoms. The van der Waals surface area contributed by atoms with Crippen LogP contribution in [0.4, 0.5) is 5.69 Å². The molecule has 1 aliphatic rings. The van der Waals surface area contributed by atoms with Crippen LogP contribution < -0.4 is 10.5 Å². The van der Waals surface area contributed by atoms with Crippen molar-refractivity contribution < 1.29 is 4.74 Å². The van der Waals surface area contributed by atoms with Gasteiger partial charge in [0.1, 0.15) is 5.75 Å². The van der Waals surface area contributed by atoms with Gasteiger partial charge in [-0.1, -0.05) is 19.9 Å². The van der Waals surface area contributed by atoms with E-state index in [9.17, 15) is 0 Å². The van der Waals surface area contributed by atoms with Crippen LogP contribution in [0.25, 0.3) is 0 Å². The molecule has 0 saturated carbocycles. The van der Waals surface area contributed by atoms with Gasteiger partial charge in [0.25, 0.3) is 0 Å². The van der Waals surface area contributed by atoms with Gasteiger partial charge in [-0.3, -0.25) is 4.90 Å². The van der Waals surface area contributed by atoms with Crippen molar-refractivity contribution in [1.82, 2.24) is 9.80 Å². The van der Waals surface area contributed by atoms with Gasteiger partial charge >= 0.3 is 0 Å². The topological polar surface area (TPSA) is 41.7 Å². The molecule has 0 unspecified atom stereocenters. The van der Waals surface area contributed by atoms with Crippen molar-refractivity contribution in [2.24, 2.45) is 5.92 Å². The van der Waals surface area contributed by atoms with E-state index in [-0.39, 0.29) is 0 Å². The van der Waals surface area contributed by atoms with Crippen molar-refractivity contribution in [3.05, 3.63) is 23.8 Å². The summed E-state index contributed by atoms with van der Waals surface area (Å²) >= 11 is 0. The summed E-state index contributed by atoms with van der Waals surface area (Å²) in [4.78, 5) is 5.06. The first kappa shape index (κ1) is 15.1. The molecule has 1 aromatic rings. The predicted molar refractivity (Wildman–Crippen MR) is 84.0 cm³/mol. The van der Waals surface area contributed by atoms with Gasteiger partial charge in [-0.2, -0.15) is 0 Å². The molecule has 0 amide bonds. The lowest BCUT2D eigenvalue weighted by molar-refractivity contribution is 0.117. The normalized spacial score (nSPS) is 17.6. The molecule has 4 nitrogen and oxygen atoms in total. The molecule has 0 aromatic heterocycles. The standard InChI is InChI=1S/C16H27N3O/c1-13(2)11-18-6-8-19(9-7-18)12-14-4-5-16(20-3)15(17)10-14/h4-5,10,13H,6-9,11-12,17H2,1-3H3. The minimum Gasteiger partial charge on any atom is -0.495 e. The first-order valence-electron chi connectivity index (χ1n) is 7.45. The Morgan fingerprint density at radius 1 is 1.15 bits per heavy atom. The largest absolute Gasteiger partial charge is 0.495 e. The second-order valence-electron chi connectivity index (χ2n) is 6.05. The Bertz CT molecular complexity index is 426. The predicted octanol–water partition coefficient (Wildman–Crippen LogP) is 2.05. The van der Waals surface area contributed by atoms with Crippen LogP contribution in [0.15, 0.2) is 18.2 Å². The number of hydrogen-bond acceptors (Lipinski definition) is 4. The minimum absolute atomic E-state index is 0.725. The Hall–Kier alpha value is -1.26. The zero-order chi connectivity index (χ0) is 14.5. The van der Waals surface area contributed by atoms with Crippen molar-refractivity contribution in [3.63, 3.8) is 0 Å². The molecule has 1 aliphatic heterocycles. The maximum atomic E-state index is 5.96. The molecule has 2 rings (SSSR count). The number of piperazine rings is 1. The number of nitrogen functional groups attached to an aromatic ring is 1. The summed E-state index contributed by atoms with van der Waals surface area (Å²) < 4.78 is 5.20. The molecule has 1 heterocycles. The fourth-order valence-corrected chi connectivity index (χ4v) is 2.79. The average molecular weight is 277 g/mol. The van der Waals surface area contributed by atoms with Gasteiger partial charge in [-0.05, 0) is 23.6 Å². The van der Waals surface area contributed by atoms with Crippen molar-refractivity contribution in [2.75, 3.05) is 45.6 Å². The summed E-state index contributed by atoms with van der Waals surface area (Å²) in [6.07, 6.45) is 0. The van der Waals surface area contributed by atoms with Crippen molar-refractivity contribution in [2.45, 2.75) is 20.4 Å². The van der Waals surface area contributed by atoms with Gasteiger partial charge < -0.3 is 15.4 Å². The van der Waals surface area contributed by atoms with Crippen molar-refractivity contribution in [1.29, 1.82) is 0 Å². The first-order valence-corrected chi connectivity index (χ1v) is 7.45. The van der Waals surface area contributed by atoms with Gasteiger partial charge in [0.05, 0.1) is 12.8 Å². The quantitative estimate of drug-likeness (QED) is 0.837. The summed E-state index contributed by atoms with van der Waals surface area (Å²) in [5.74, 6) is 1.51. The van der Waals surface area contributed by atoms with E-state index >= 15 is 0 Å². The number of nitrogens with zero attached hydrogens (tertiary/aromatic N) is 2. The molecule has 1 fully saturated rings. The molecule has 4 heteroatoms. The Balaban J connectivity index is 1.85.